The Labute approximate surface area is 246 Å². The molecule has 1 aliphatic heterocycles. The second-order valence-electron chi connectivity index (χ2n) is 8.71. The van der Waals surface area contributed by atoms with Crippen LogP contribution in [0.5, 0.6) is 0 Å². The van der Waals surface area contributed by atoms with E-state index < -0.39 is 5.91 Å². The smallest absolute Gasteiger partial charge is 0.307 e. The lowest BCUT2D eigenvalue weighted by Crippen LogP contribution is -2.21. The molecule has 0 saturated carbocycles. The number of amides is 1. The number of nitrogens with zero attached hydrogens (tertiary/aromatic N) is 2. The van der Waals surface area contributed by atoms with Gasteiger partial charge in [0.15, 0.2) is 5.76 Å². The van der Waals surface area contributed by atoms with Crippen LogP contribution in [0, 0.1) is 0 Å². The number of hydrogen-bond acceptors (Lipinski definition) is 7. The number of esters is 1. The number of aryl methyl sites for hydroxylation is 1. The van der Waals surface area contributed by atoms with Crippen LogP contribution >= 0.6 is 0 Å². The van der Waals surface area contributed by atoms with E-state index in [1.807, 2.05) is 39.8 Å². The molecule has 226 valence electrons. The minimum atomic E-state index is -0.414. The third-order valence-corrected chi connectivity index (χ3v) is 5.46. The van der Waals surface area contributed by atoms with Crippen molar-refractivity contribution in [2.45, 2.75) is 66.4 Å². The van der Waals surface area contributed by atoms with E-state index in [-0.39, 0.29) is 12.4 Å². The lowest BCUT2D eigenvalue weighted by atomic mass is 10.1. The molecule has 2 aromatic rings. The Bertz CT molecular complexity index is 1090. The highest BCUT2D eigenvalue weighted by atomic mass is 16.5. The molecule has 1 aromatic carbocycles. The SMILES string of the molecule is C/C=C/C=C/C(N)=O.C=C1CN(CCCCCc2cc(COCCC(=O)OC)on2)c2ccccc21.C=CC.CC. The summed E-state index contributed by atoms with van der Waals surface area (Å²) in [6.45, 7) is 17.9. The highest BCUT2D eigenvalue weighted by Gasteiger charge is 2.20. The highest BCUT2D eigenvalue weighted by molar-refractivity contribution is 5.86. The fourth-order valence-corrected chi connectivity index (χ4v) is 3.67. The molecule has 8 heteroatoms. The molecule has 0 fully saturated rings. The molecule has 1 amide bonds. The first kappa shape index (κ1) is 37.1. The summed E-state index contributed by atoms with van der Waals surface area (Å²) in [6, 6.07) is 10.4. The van der Waals surface area contributed by atoms with Gasteiger partial charge in [-0.3, -0.25) is 9.59 Å². The summed E-state index contributed by atoms with van der Waals surface area (Å²) in [5, 5.41) is 4.09. The monoisotopic (exact) mass is 567 g/mol. The van der Waals surface area contributed by atoms with Crippen LogP contribution in [0.1, 0.15) is 70.4 Å². The van der Waals surface area contributed by atoms with Crippen LogP contribution in [0.25, 0.3) is 5.57 Å². The van der Waals surface area contributed by atoms with Gasteiger partial charge >= 0.3 is 5.97 Å². The molecule has 2 heterocycles. The van der Waals surface area contributed by atoms with E-state index in [1.54, 1.807) is 18.2 Å². The maximum absolute atomic E-state index is 11.0. The quantitative estimate of drug-likeness (QED) is 0.0930. The fraction of sp³-hybridized carbons (Fsp3) is 0.424. The zero-order valence-electron chi connectivity index (χ0n) is 25.6. The molecule has 0 unspecified atom stereocenters. The maximum Gasteiger partial charge on any atom is 0.307 e. The Morgan fingerprint density at radius 1 is 1.15 bits per heavy atom. The normalized spacial score (nSPS) is 11.5. The molecule has 0 bridgehead atoms. The van der Waals surface area contributed by atoms with Gasteiger partial charge in [0.25, 0.3) is 0 Å². The lowest BCUT2D eigenvalue weighted by Gasteiger charge is -2.18. The van der Waals surface area contributed by atoms with E-state index in [9.17, 15) is 9.59 Å². The van der Waals surface area contributed by atoms with Gasteiger partial charge in [0.2, 0.25) is 5.91 Å². The number of benzene rings is 1. The van der Waals surface area contributed by atoms with Crippen molar-refractivity contribution in [3.63, 3.8) is 0 Å². The summed E-state index contributed by atoms with van der Waals surface area (Å²) in [4.78, 5) is 23.4. The first-order valence-corrected chi connectivity index (χ1v) is 14.1. The minimum Gasteiger partial charge on any atom is -0.469 e. The molecule has 8 nitrogen and oxygen atoms in total. The number of para-hydroxylation sites is 1. The number of rotatable bonds is 13. The van der Waals surface area contributed by atoms with Crippen LogP contribution in [0.3, 0.4) is 0 Å². The molecule has 0 saturated heterocycles. The van der Waals surface area contributed by atoms with Crippen LogP contribution < -0.4 is 10.6 Å². The van der Waals surface area contributed by atoms with Gasteiger partial charge in [-0.1, -0.05) is 74.5 Å². The Morgan fingerprint density at radius 2 is 1.85 bits per heavy atom. The Morgan fingerprint density at radius 3 is 2.51 bits per heavy atom. The first-order valence-electron chi connectivity index (χ1n) is 14.1. The fourth-order valence-electron chi connectivity index (χ4n) is 3.67. The van der Waals surface area contributed by atoms with Gasteiger partial charge in [-0.05, 0) is 44.7 Å². The Balaban J connectivity index is 0.00000104. The van der Waals surface area contributed by atoms with Gasteiger partial charge in [0.1, 0.15) is 6.61 Å². The molecule has 0 aliphatic carbocycles. The molecular formula is C33H49N3O5. The molecular weight excluding hydrogens is 518 g/mol. The minimum absolute atomic E-state index is 0.242. The van der Waals surface area contributed by atoms with Crippen molar-refractivity contribution < 1.29 is 23.6 Å². The number of carbonyl (C=O) groups is 2. The van der Waals surface area contributed by atoms with Crippen LogP contribution in [-0.4, -0.2) is 43.8 Å². The largest absolute Gasteiger partial charge is 0.469 e. The molecule has 41 heavy (non-hydrogen) atoms. The summed E-state index contributed by atoms with van der Waals surface area (Å²) in [5.41, 5.74) is 9.52. The van der Waals surface area contributed by atoms with Gasteiger partial charge in [-0.15, -0.1) is 6.58 Å². The number of hydrogen-bond donors (Lipinski definition) is 1. The number of fused-ring (bicyclic) bond motifs is 1. The number of anilines is 1. The van der Waals surface area contributed by atoms with Crippen molar-refractivity contribution in [3.05, 3.63) is 90.9 Å². The summed E-state index contributed by atoms with van der Waals surface area (Å²) in [6.07, 6.45) is 12.7. The molecule has 3 rings (SSSR count). The zero-order valence-corrected chi connectivity index (χ0v) is 25.6. The van der Waals surface area contributed by atoms with Gasteiger partial charge in [-0.25, -0.2) is 0 Å². The average Bonchev–Trinajstić information content (AvgIpc) is 3.56. The molecule has 0 spiro atoms. The third-order valence-electron chi connectivity index (χ3n) is 5.46. The maximum atomic E-state index is 11.0. The predicted octanol–water partition coefficient (Wildman–Crippen LogP) is 6.82. The molecule has 2 N–H and O–H groups in total. The van der Waals surface area contributed by atoms with Crippen molar-refractivity contribution in [3.8, 4) is 0 Å². The average molecular weight is 568 g/mol. The Hall–Kier alpha value is -3.91. The molecule has 1 aromatic heterocycles. The number of carbonyl (C=O) groups excluding carboxylic acids is 2. The topological polar surface area (TPSA) is 108 Å². The van der Waals surface area contributed by atoms with Crippen molar-refractivity contribution in [2.24, 2.45) is 5.73 Å². The number of unbranched alkanes of at least 4 members (excludes halogenated alkanes) is 2. The van der Waals surface area contributed by atoms with Crippen molar-refractivity contribution >= 4 is 23.1 Å². The second kappa shape index (κ2) is 23.9. The highest BCUT2D eigenvalue weighted by Crippen LogP contribution is 2.34. The van der Waals surface area contributed by atoms with E-state index >= 15 is 0 Å². The summed E-state index contributed by atoms with van der Waals surface area (Å²) in [5.74, 6) is -0.00450. The second-order valence-corrected chi connectivity index (χ2v) is 8.71. The molecule has 0 atom stereocenters. The molecule has 0 radical (unpaired) electrons. The summed E-state index contributed by atoms with van der Waals surface area (Å²) >= 11 is 0. The summed E-state index contributed by atoms with van der Waals surface area (Å²) < 4.78 is 15.2. The van der Waals surface area contributed by atoms with Crippen molar-refractivity contribution in [1.82, 2.24) is 5.16 Å². The number of aromatic nitrogens is 1. The van der Waals surface area contributed by atoms with E-state index in [0.29, 0.717) is 19.0 Å². The summed E-state index contributed by atoms with van der Waals surface area (Å²) in [7, 11) is 1.37. The van der Waals surface area contributed by atoms with E-state index in [2.05, 4.69) is 52.2 Å². The van der Waals surface area contributed by atoms with Gasteiger partial charge in [-0.2, -0.15) is 0 Å². The van der Waals surface area contributed by atoms with E-state index in [0.717, 1.165) is 44.5 Å². The van der Waals surface area contributed by atoms with Gasteiger partial charge in [0, 0.05) is 36.5 Å². The lowest BCUT2D eigenvalue weighted by molar-refractivity contribution is -0.142. The van der Waals surface area contributed by atoms with Crippen LogP contribution in [0.4, 0.5) is 5.69 Å². The van der Waals surface area contributed by atoms with E-state index in [4.69, 9.17) is 15.0 Å². The number of allylic oxidation sites excluding steroid dienone is 4. The number of primary amides is 1. The zero-order chi connectivity index (χ0) is 30.9. The van der Waals surface area contributed by atoms with E-state index in [1.165, 1.54) is 30.0 Å². The molecule has 1 aliphatic rings. The van der Waals surface area contributed by atoms with Gasteiger partial charge < -0.3 is 24.6 Å². The predicted molar refractivity (Wildman–Crippen MR) is 168 cm³/mol. The van der Waals surface area contributed by atoms with Crippen LogP contribution in [-0.2, 0) is 32.1 Å². The first-order chi connectivity index (χ1) is 19.9. The standard InChI is InChI=1S/C22H28N2O4.C6H9NO.C3H6.C2H6/c1-17-15-24(21-10-6-5-9-20(17)21)12-7-3-4-8-18-14-19(28-23-18)16-27-13-11-22(25)26-2;1-2-3-4-5-6(7)8;1-3-2;1-2/h5-6,9-10,14H,1,3-4,7-8,11-13,15-16H2,2H3;2-5H,1H3,(H2,7,8);3H,1H2,2H3;1-2H3/b;3-2+,5-4+;;. The van der Waals surface area contributed by atoms with Crippen molar-refractivity contribution in [1.29, 1.82) is 0 Å². The van der Waals surface area contributed by atoms with Crippen molar-refractivity contribution in [2.75, 3.05) is 31.7 Å². The third kappa shape index (κ3) is 16.7. The van der Waals surface area contributed by atoms with Crippen LogP contribution in [0.15, 0.2) is 78.4 Å². The van der Waals surface area contributed by atoms with Crippen LogP contribution in [0.2, 0.25) is 0 Å². The Kier molecular flexibility index (Phi) is 21.7. The number of ether oxygens (including phenoxy) is 2. The number of methoxy groups -OCH3 is 1. The number of nitrogens with two attached hydrogens (primary N) is 1. The van der Waals surface area contributed by atoms with Gasteiger partial charge in [0.05, 0.1) is 25.8 Å².